The van der Waals surface area contributed by atoms with Gasteiger partial charge < -0.3 is 19.7 Å². The zero-order valence-corrected chi connectivity index (χ0v) is 17.0. The van der Waals surface area contributed by atoms with E-state index >= 15 is 0 Å². The predicted molar refractivity (Wildman–Crippen MR) is 104 cm³/mol. The van der Waals surface area contributed by atoms with E-state index in [1.807, 2.05) is 33.8 Å². The highest BCUT2D eigenvalue weighted by Gasteiger charge is 2.39. The minimum absolute atomic E-state index is 0.0797. The molecule has 7 heteroatoms. The fourth-order valence-electron chi connectivity index (χ4n) is 3.96. The van der Waals surface area contributed by atoms with Gasteiger partial charge in [-0.1, -0.05) is 0 Å². The molecular weight excluding hydrogens is 344 g/mol. The molecule has 0 saturated carbocycles. The minimum atomic E-state index is -0.365. The largest absolute Gasteiger partial charge is 0.447 e. The second kappa shape index (κ2) is 8.42. The van der Waals surface area contributed by atoms with Gasteiger partial charge >= 0.3 is 6.09 Å². The molecule has 1 unspecified atom stereocenters. The number of carbonyl (C=O) groups is 1. The highest BCUT2D eigenvalue weighted by Crippen LogP contribution is 2.41. The van der Waals surface area contributed by atoms with Crippen LogP contribution in [0.25, 0.3) is 0 Å². The molecule has 0 aromatic carbocycles. The standard InChI is InChI=1S/C20H32N4O3/c1-14(2)27-19(25)21-12-17-5-6-20(13-26-17)7-9-24(10-8-20)18-22-15(3)11-16(4)23-18/h11,14,17H,5-10,12-13H2,1-4H3,(H,21,25). The van der Waals surface area contributed by atoms with Gasteiger partial charge in [-0.05, 0) is 64.9 Å². The lowest BCUT2D eigenvalue weighted by molar-refractivity contribution is -0.0705. The molecule has 0 radical (unpaired) electrons. The number of hydrogen-bond donors (Lipinski definition) is 1. The quantitative estimate of drug-likeness (QED) is 0.870. The zero-order chi connectivity index (χ0) is 19.4. The van der Waals surface area contributed by atoms with Crippen LogP contribution in [0.3, 0.4) is 0 Å². The van der Waals surface area contributed by atoms with Crippen molar-refractivity contribution in [3.8, 4) is 0 Å². The van der Waals surface area contributed by atoms with Crippen LogP contribution in [0.2, 0.25) is 0 Å². The van der Waals surface area contributed by atoms with Crippen LogP contribution < -0.4 is 10.2 Å². The maximum atomic E-state index is 11.6. The fraction of sp³-hybridized carbons (Fsp3) is 0.750. The Kier molecular flexibility index (Phi) is 6.19. The van der Waals surface area contributed by atoms with Crippen molar-refractivity contribution < 1.29 is 14.3 Å². The molecular formula is C20H32N4O3. The number of hydrogen-bond acceptors (Lipinski definition) is 6. The van der Waals surface area contributed by atoms with Crippen molar-refractivity contribution in [1.29, 1.82) is 0 Å². The van der Waals surface area contributed by atoms with Crippen molar-refractivity contribution in [2.45, 2.75) is 65.6 Å². The van der Waals surface area contributed by atoms with Crippen LogP contribution >= 0.6 is 0 Å². The average Bonchev–Trinajstić information content (AvgIpc) is 2.60. The second-order valence-corrected chi connectivity index (χ2v) is 8.24. The summed E-state index contributed by atoms with van der Waals surface area (Å²) in [5.74, 6) is 0.852. The highest BCUT2D eigenvalue weighted by molar-refractivity contribution is 5.67. The maximum Gasteiger partial charge on any atom is 0.407 e. The van der Waals surface area contributed by atoms with Gasteiger partial charge in [-0.15, -0.1) is 0 Å². The lowest BCUT2D eigenvalue weighted by atomic mass is 9.73. The van der Waals surface area contributed by atoms with Crippen molar-refractivity contribution in [1.82, 2.24) is 15.3 Å². The SMILES string of the molecule is Cc1cc(C)nc(N2CCC3(CCC(CNC(=O)OC(C)C)OC3)CC2)n1. The molecule has 3 heterocycles. The number of piperidine rings is 1. The van der Waals surface area contributed by atoms with E-state index in [0.717, 1.165) is 62.7 Å². The van der Waals surface area contributed by atoms with E-state index in [4.69, 9.17) is 9.47 Å². The van der Waals surface area contributed by atoms with Crippen LogP contribution in [-0.2, 0) is 9.47 Å². The molecule has 150 valence electrons. The normalized spacial score (nSPS) is 22.1. The Morgan fingerprint density at radius 2 is 1.96 bits per heavy atom. The average molecular weight is 377 g/mol. The number of ether oxygens (including phenoxy) is 2. The first kappa shape index (κ1) is 19.9. The maximum absolute atomic E-state index is 11.6. The summed E-state index contributed by atoms with van der Waals surface area (Å²) in [4.78, 5) is 23.1. The van der Waals surface area contributed by atoms with Gasteiger partial charge in [0.25, 0.3) is 0 Å². The summed E-state index contributed by atoms with van der Waals surface area (Å²) >= 11 is 0. The highest BCUT2D eigenvalue weighted by atomic mass is 16.6. The van der Waals surface area contributed by atoms with Crippen LogP contribution in [0.1, 0.15) is 50.9 Å². The molecule has 1 atom stereocenters. The molecule has 3 rings (SSSR count). The minimum Gasteiger partial charge on any atom is -0.447 e. The van der Waals surface area contributed by atoms with Gasteiger partial charge in [0.05, 0.1) is 18.8 Å². The van der Waals surface area contributed by atoms with Gasteiger partial charge in [0.1, 0.15) is 0 Å². The monoisotopic (exact) mass is 376 g/mol. The van der Waals surface area contributed by atoms with Crippen molar-refractivity contribution in [3.63, 3.8) is 0 Å². The Bertz CT molecular complexity index is 626. The first-order valence-electron chi connectivity index (χ1n) is 9.99. The summed E-state index contributed by atoms with van der Waals surface area (Å²) in [6.45, 7) is 10.9. The predicted octanol–water partition coefficient (Wildman–Crippen LogP) is 2.99. The molecule has 2 aliphatic heterocycles. The van der Waals surface area contributed by atoms with Crippen LogP contribution in [0, 0.1) is 19.3 Å². The Balaban J connectivity index is 1.45. The summed E-state index contributed by atoms with van der Waals surface area (Å²) in [5.41, 5.74) is 2.29. The van der Waals surface area contributed by atoms with Crippen molar-refractivity contribution in [2.24, 2.45) is 5.41 Å². The first-order valence-corrected chi connectivity index (χ1v) is 9.99. The number of aryl methyl sites for hydroxylation is 2. The Morgan fingerprint density at radius 1 is 1.30 bits per heavy atom. The summed E-state index contributed by atoms with van der Waals surface area (Å²) in [6, 6.07) is 2.01. The lowest BCUT2D eigenvalue weighted by Gasteiger charge is -2.45. The smallest absolute Gasteiger partial charge is 0.407 e. The third-order valence-corrected chi connectivity index (χ3v) is 5.52. The third kappa shape index (κ3) is 5.31. The van der Waals surface area contributed by atoms with E-state index < -0.39 is 0 Å². The molecule has 1 amide bonds. The van der Waals surface area contributed by atoms with E-state index in [-0.39, 0.29) is 23.7 Å². The molecule has 27 heavy (non-hydrogen) atoms. The van der Waals surface area contributed by atoms with Gasteiger partial charge in [0, 0.05) is 31.0 Å². The number of carbonyl (C=O) groups excluding carboxylic acids is 1. The van der Waals surface area contributed by atoms with Gasteiger partial charge in [0.15, 0.2) is 0 Å². The summed E-state index contributed by atoms with van der Waals surface area (Å²) in [6.07, 6.45) is 3.92. The summed E-state index contributed by atoms with van der Waals surface area (Å²) in [5, 5.41) is 2.80. The molecule has 1 aromatic rings. The zero-order valence-electron chi connectivity index (χ0n) is 17.0. The van der Waals surface area contributed by atoms with E-state index in [9.17, 15) is 4.79 Å². The van der Waals surface area contributed by atoms with Crippen molar-refractivity contribution in [3.05, 3.63) is 17.5 Å². The van der Waals surface area contributed by atoms with Crippen molar-refractivity contribution in [2.75, 3.05) is 31.1 Å². The number of nitrogens with one attached hydrogen (secondary N) is 1. The summed E-state index contributed by atoms with van der Waals surface area (Å²) < 4.78 is 11.2. The topological polar surface area (TPSA) is 76.6 Å². The lowest BCUT2D eigenvalue weighted by Crippen LogP contribution is -2.48. The second-order valence-electron chi connectivity index (χ2n) is 8.24. The van der Waals surface area contributed by atoms with Gasteiger partial charge in [0.2, 0.25) is 5.95 Å². The number of rotatable bonds is 4. The number of nitrogens with zero attached hydrogens (tertiary/aromatic N) is 3. The molecule has 0 bridgehead atoms. The van der Waals surface area contributed by atoms with E-state index in [0.29, 0.717) is 6.54 Å². The van der Waals surface area contributed by atoms with Gasteiger partial charge in [-0.3, -0.25) is 0 Å². The van der Waals surface area contributed by atoms with Gasteiger partial charge in [-0.2, -0.15) is 0 Å². The molecule has 1 aromatic heterocycles. The Hall–Kier alpha value is -1.89. The molecule has 7 nitrogen and oxygen atoms in total. The third-order valence-electron chi connectivity index (χ3n) is 5.52. The molecule has 1 N–H and O–H groups in total. The molecule has 2 saturated heterocycles. The van der Waals surface area contributed by atoms with Gasteiger partial charge in [-0.25, -0.2) is 14.8 Å². The van der Waals surface area contributed by atoms with E-state index in [2.05, 4.69) is 20.2 Å². The number of amides is 1. The number of anilines is 1. The number of alkyl carbamates (subject to hydrolysis) is 1. The Labute approximate surface area is 161 Å². The van der Waals surface area contributed by atoms with E-state index in [1.54, 1.807) is 0 Å². The molecule has 0 aliphatic carbocycles. The molecule has 2 aliphatic rings. The fourth-order valence-corrected chi connectivity index (χ4v) is 3.96. The van der Waals surface area contributed by atoms with Crippen LogP contribution in [0.15, 0.2) is 6.07 Å². The Morgan fingerprint density at radius 3 is 2.52 bits per heavy atom. The first-order chi connectivity index (χ1) is 12.8. The molecule has 2 fully saturated rings. The van der Waals surface area contributed by atoms with E-state index in [1.165, 1.54) is 0 Å². The number of aromatic nitrogens is 2. The molecule has 1 spiro atoms. The van der Waals surface area contributed by atoms with Crippen LogP contribution in [0.4, 0.5) is 10.7 Å². The van der Waals surface area contributed by atoms with Crippen LogP contribution in [0.5, 0.6) is 0 Å². The van der Waals surface area contributed by atoms with Crippen molar-refractivity contribution >= 4 is 12.0 Å². The van der Waals surface area contributed by atoms with Crippen LogP contribution in [-0.4, -0.2) is 54.5 Å². The summed E-state index contributed by atoms with van der Waals surface area (Å²) in [7, 11) is 0.